The quantitative estimate of drug-likeness (QED) is 0.0546. The van der Waals surface area contributed by atoms with Crippen molar-refractivity contribution in [2.75, 3.05) is 0 Å². The van der Waals surface area contributed by atoms with Gasteiger partial charge < -0.3 is 5.11 Å². The predicted molar refractivity (Wildman–Crippen MR) is 206 cm³/mol. The number of rotatable bonds is 8. The Hall–Kier alpha value is -3.85. The van der Waals surface area contributed by atoms with E-state index in [-0.39, 0.29) is 48.9 Å². The SMILES string of the molecule is CC(C)(C)Cc1c2ccccc2[c-]c2c3nccc4c5ccccc5c5cccc(c12)c5c43.CCC(CC)C(=O)/C=C(\O)C(CC)CC.[Ir]. The minimum atomic E-state index is 0. The zero-order valence-electron chi connectivity index (χ0n) is 29.9. The molecular formula is C45H48IrNO2-. The van der Waals surface area contributed by atoms with Gasteiger partial charge in [0.1, 0.15) is 0 Å². The Morgan fingerprint density at radius 1 is 0.714 bits per heavy atom. The number of ketones is 1. The first-order valence-corrected chi connectivity index (χ1v) is 17.8. The van der Waals surface area contributed by atoms with Crippen LogP contribution in [-0.4, -0.2) is 15.9 Å². The van der Waals surface area contributed by atoms with Crippen LogP contribution in [0.4, 0.5) is 0 Å². The summed E-state index contributed by atoms with van der Waals surface area (Å²) >= 11 is 0. The van der Waals surface area contributed by atoms with Crippen molar-refractivity contribution in [1.29, 1.82) is 0 Å². The summed E-state index contributed by atoms with van der Waals surface area (Å²) in [5, 5.41) is 23.8. The molecule has 0 aliphatic carbocycles. The molecule has 1 radical (unpaired) electrons. The van der Waals surface area contributed by atoms with Crippen LogP contribution in [0.3, 0.4) is 0 Å². The average Bonchev–Trinajstić information content (AvgIpc) is 3.08. The Bertz CT molecular complexity index is 2290. The Morgan fingerprint density at radius 2 is 1.27 bits per heavy atom. The molecule has 0 bridgehead atoms. The molecule has 49 heavy (non-hydrogen) atoms. The second kappa shape index (κ2) is 15.0. The third-order valence-electron chi connectivity index (χ3n) is 10.1. The molecular weight excluding hydrogens is 779 g/mol. The molecule has 0 aliphatic rings. The molecule has 0 unspecified atom stereocenters. The van der Waals surface area contributed by atoms with E-state index in [4.69, 9.17) is 4.98 Å². The molecule has 1 heterocycles. The number of aliphatic hydroxyl groups is 1. The molecule has 7 rings (SSSR count). The van der Waals surface area contributed by atoms with Crippen LogP contribution >= 0.6 is 0 Å². The molecule has 0 fully saturated rings. The number of carbonyl (C=O) groups excluding carboxylic acids is 1. The Kier molecular flexibility index (Phi) is 11.1. The second-order valence-electron chi connectivity index (χ2n) is 14.5. The number of carbonyl (C=O) groups is 1. The summed E-state index contributed by atoms with van der Waals surface area (Å²) in [6.07, 6.45) is 7.88. The van der Waals surface area contributed by atoms with Crippen molar-refractivity contribution in [2.24, 2.45) is 17.3 Å². The Morgan fingerprint density at radius 3 is 1.88 bits per heavy atom. The molecule has 3 nitrogen and oxygen atoms in total. The van der Waals surface area contributed by atoms with Crippen molar-refractivity contribution in [3.8, 4) is 0 Å². The first-order valence-electron chi connectivity index (χ1n) is 17.8. The maximum absolute atomic E-state index is 11.7. The molecule has 0 aliphatic heterocycles. The fourth-order valence-corrected chi connectivity index (χ4v) is 7.64. The number of aromatic nitrogens is 1. The molecule has 0 saturated carbocycles. The van der Waals surface area contributed by atoms with Gasteiger partial charge in [0.25, 0.3) is 0 Å². The minimum absolute atomic E-state index is 0. The maximum Gasteiger partial charge on any atom is 0.162 e. The van der Waals surface area contributed by atoms with E-state index < -0.39 is 0 Å². The molecule has 7 aromatic rings. The monoisotopic (exact) mass is 827 g/mol. The summed E-state index contributed by atoms with van der Waals surface area (Å²) in [6, 6.07) is 30.3. The fraction of sp³-hybridized carbons (Fsp3) is 0.333. The summed E-state index contributed by atoms with van der Waals surface area (Å²) < 4.78 is 0. The van der Waals surface area contributed by atoms with Gasteiger partial charge in [-0.25, -0.2) is 0 Å². The summed E-state index contributed by atoms with van der Waals surface area (Å²) in [5.74, 6) is 0.547. The van der Waals surface area contributed by atoms with Crippen LogP contribution in [0.5, 0.6) is 0 Å². The first-order chi connectivity index (χ1) is 23.1. The number of hydrogen-bond acceptors (Lipinski definition) is 3. The summed E-state index contributed by atoms with van der Waals surface area (Å²) in [4.78, 5) is 16.7. The molecule has 0 atom stereocenters. The van der Waals surface area contributed by atoms with E-state index in [0.717, 1.165) is 43.0 Å². The van der Waals surface area contributed by atoms with E-state index >= 15 is 0 Å². The third kappa shape index (κ3) is 6.83. The molecule has 0 amide bonds. The summed E-state index contributed by atoms with van der Waals surface area (Å²) in [5.41, 5.74) is 2.64. The van der Waals surface area contributed by atoms with Crippen LogP contribution in [0, 0.1) is 23.3 Å². The van der Waals surface area contributed by atoms with Gasteiger partial charge in [-0.15, -0.1) is 17.5 Å². The smallest absolute Gasteiger partial charge is 0.162 e. The molecule has 6 aromatic carbocycles. The van der Waals surface area contributed by atoms with Crippen LogP contribution < -0.4 is 0 Å². The molecule has 0 saturated heterocycles. The number of benzene rings is 6. The predicted octanol–water partition coefficient (Wildman–Crippen LogP) is 12.7. The van der Waals surface area contributed by atoms with Gasteiger partial charge in [-0.05, 0) is 81.3 Å². The van der Waals surface area contributed by atoms with E-state index in [1.807, 2.05) is 33.9 Å². The fourth-order valence-electron chi connectivity index (χ4n) is 7.64. The summed E-state index contributed by atoms with van der Waals surface area (Å²) in [6.45, 7) is 15.1. The minimum Gasteiger partial charge on any atom is -0.512 e. The van der Waals surface area contributed by atoms with E-state index in [9.17, 15) is 9.90 Å². The zero-order chi connectivity index (χ0) is 34.2. The van der Waals surface area contributed by atoms with Gasteiger partial charge >= 0.3 is 0 Å². The van der Waals surface area contributed by atoms with Gasteiger partial charge in [0, 0.05) is 49.7 Å². The summed E-state index contributed by atoms with van der Waals surface area (Å²) in [7, 11) is 0. The van der Waals surface area contributed by atoms with Crippen molar-refractivity contribution in [3.63, 3.8) is 0 Å². The van der Waals surface area contributed by atoms with Gasteiger partial charge in [-0.2, -0.15) is 0 Å². The van der Waals surface area contributed by atoms with Crippen LogP contribution in [0.15, 0.2) is 90.8 Å². The topological polar surface area (TPSA) is 50.2 Å². The van der Waals surface area contributed by atoms with Crippen molar-refractivity contribution >= 4 is 70.5 Å². The number of allylic oxidation sites excluding steroid dienone is 2. The zero-order valence-corrected chi connectivity index (χ0v) is 32.3. The van der Waals surface area contributed by atoms with Crippen molar-refractivity contribution in [2.45, 2.75) is 80.6 Å². The van der Waals surface area contributed by atoms with Crippen molar-refractivity contribution in [3.05, 3.63) is 102 Å². The van der Waals surface area contributed by atoms with Gasteiger partial charge in [0.15, 0.2) is 5.78 Å². The largest absolute Gasteiger partial charge is 0.512 e. The van der Waals surface area contributed by atoms with Gasteiger partial charge in [-0.1, -0.05) is 131 Å². The average molecular weight is 827 g/mol. The van der Waals surface area contributed by atoms with Crippen LogP contribution in [0.1, 0.15) is 79.7 Å². The normalized spacial score (nSPS) is 12.5. The van der Waals surface area contributed by atoms with Gasteiger partial charge in [-0.3, -0.25) is 9.78 Å². The second-order valence-corrected chi connectivity index (χ2v) is 14.5. The Balaban J connectivity index is 0.000000252. The number of nitrogens with zero attached hydrogens (tertiary/aromatic N) is 1. The first kappa shape index (κ1) is 36.4. The standard InChI is InChI=1S/C32H24N.C13H24O2.Ir/c1-32(2,3)18-27-20-10-5-4-9-19(20)17-26-28(27)25-14-8-13-23-21-11-6-7-12-22(21)24-15-16-33-31(26)30(24)29(23)25;1-5-10(6-2)12(14)9-13(15)11(7-3)8-4;/h4-16H,18H2,1-3H3;9-11,14H,5-8H2,1-4H3;/q-1;;/b;12-9-;. The van der Waals surface area contributed by atoms with E-state index in [1.165, 1.54) is 65.5 Å². The van der Waals surface area contributed by atoms with Crippen LogP contribution in [-0.2, 0) is 31.3 Å². The van der Waals surface area contributed by atoms with Gasteiger partial charge in [0.05, 0.1) is 5.76 Å². The van der Waals surface area contributed by atoms with E-state index in [2.05, 4.69) is 99.6 Å². The molecule has 4 heteroatoms. The van der Waals surface area contributed by atoms with Crippen LogP contribution in [0.25, 0.3) is 64.8 Å². The van der Waals surface area contributed by atoms with E-state index in [0.29, 0.717) is 0 Å². The molecule has 0 spiro atoms. The maximum atomic E-state index is 11.7. The number of pyridine rings is 1. The number of hydrogen-bond donors (Lipinski definition) is 1. The Labute approximate surface area is 304 Å². The van der Waals surface area contributed by atoms with Crippen LogP contribution in [0.2, 0.25) is 0 Å². The van der Waals surface area contributed by atoms with Crippen molar-refractivity contribution in [1.82, 2.24) is 4.98 Å². The van der Waals surface area contributed by atoms with Gasteiger partial charge in [0.2, 0.25) is 0 Å². The third-order valence-corrected chi connectivity index (χ3v) is 10.1. The number of aliphatic hydroxyl groups excluding tert-OH is 1. The van der Waals surface area contributed by atoms with Crippen molar-refractivity contribution < 1.29 is 30.0 Å². The number of fused-ring (bicyclic) bond motifs is 7. The van der Waals surface area contributed by atoms with E-state index in [1.54, 1.807) is 0 Å². The molecule has 255 valence electrons. The molecule has 1 aromatic heterocycles. The molecule has 1 N–H and O–H groups in total.